The van der Waals surface area contributed by atoms with Crippen molar-refractivity contribution in [3.05, 3.63) is 64.4 Å². The maximum Gasteiger partial charge on any atom is 0.266 e. The number of nitrogens with zero attached hydrogens (tertiary/aromatic N) is 3. The van der Waals surface area contributed by atoms with Gasteiger partial charge in [0.15, 0.2) is 5.16 Å². The number of carbonyl (C=O) groups excluding carboxylic acids is 1. The Morgan fingerprint density at radius 2 is 1.85 bits per heavy atom. The average Bonchev–Trinajstić information content (AvgIpc) is 2.65. The summed E-state index contributed by atoms with van der Waals surface area (Å²) in [4.78, 5) is 32.1. The third kappa shape index (κ3) is 3.37. The molecule has 2 heterocycles. The first-order valence-corrected chi connectivity index (χ1v) is 10.2. The summed E-state index contributed by atoms with van der Waals surface area (Å²) in [5, 5.41) is 1.15. The predicted octanol–water partition coefficient (Wildman–Crippen LogP) is 3.27. The second-order valence-corrected chi connectivity index (χ2v) is 7.50. The maximum absolute atomic E-state index is 13.3. The first-order valence-electron chi connectivity index (χ1n) is 9.19. The van der Waals surface area contributed by atoms with Gasteiger partial charge in [0.05, 0.1) is 22.3 Å². The van der Waals surface area contributed by atoms with E-state index in [-0.39, 0.29) is 11.5 Å². The highest BCUT2D eigenvalue weighted by molar-refractivity contribution is 7.99. The van der Waals surface area contributed by atoms with Crippen molar-refractivity contribution in [1.29, 1.82) is 0 Å². The lowest BCUT2D eigenvalue weighted by Crippen LogP contribution is -2.43. The SMILES string of the molecule is CCc1ccccc1-n1c(SCC(=O)N2CCC2)nc2ccccc2c1=O. The third-order valence-electron chi connectivity index (χ3n) is 4.89. The fourth-order valence-corrected chi connectivity index (χ4v) is 4.14. The van der Waals surface area contributed by atoms with Crippen molar-refractivity contribution < 1.29 is 4.79 Å². The van der Waals surface area contributed by atoms with E-state index in [1.807, 2.05) is 47.4 Å². The molecule has 5 nitrogen and oxygen atoms in total. The highest BCUT2D eigenvalue weighted by Crippen LogP contribution is 2.24. The van der Waals surface area contributed by atoms with Crippen LogP contribution in [-0.2, 0) is 11.2 Å². The number of rotatable bonds is 5. The molecule has 1 amide bonds. The normalized spacial score (nSPS) is 13.6. The van der Waals surface area contributed by atoms with E-state index in [1.165, 1.54) is 11.8 Å². The zero-order valence-corrected chi connectivity index (χ0v) is 16.0. The molecule has 1 fully saturated rings. The van der Waals surface area contributed by atoms with Gasteiger partial charge in [0.2, 0.25) is 5.91 Å². The van der Waals surface area contributed by atoms with Crippen molar-refractivity contribution in [3.63, 3.8) is 0 Å². The Morgan fingerprint density at radius 3 is 2.59 bits per heavy atom. The third-order valence-corrected chi connectivity index (χ3v) is 5.82. The van der Waals surface area contributed by atoms with Crippen LogP contribution in [0.3, 0.4) is 0 Å². The summed E-state index contributed by atoms with van der Waals surface area (Å²) >= 11 is 1.34. The van der Waals surface area contributed by atoms with Gasteiger partial charge < -0.3 is 4.90 Å². The van der Waals surface area contributed by atoms with Crippen LogP contribution in [0.4, 0.5) is 0 Å². The lowest BCUT2D eigenvalue weighted by molar-refractivity contribution is -0.131. The van der Waals surface area contributed by atoms with Gasteiger partial charge in [-0.3, -0.25) is 14.2 Å². The van der Waals surface area contributed by atoms with Crippen molar-refractivity contribution in [1.82, 2.24) is 14.5 Å². The van der Waals surface area contributed by atoms with Crippen LogP contribution < -0.4 is 5.56 Å². The molecule has 0 N–H and O–H groups in total. The number of aromatic nitrogens is 2. The van der Waals surface area contributed by atoms with Gasteiger partial charge in [-0.1, -0.05) is 49.0 Å². The molecule has 6 heteroatoms. The number of aryl methyl sites for hydroxylation is 1. The molecular formula is C21H21N3O2S. The fraction of sp³-hybridized carbons (Fsp3) is 0.286. The number of hydrogen-bond donors (Lipinski definition) is 0. The summed E-state index contributed by atoms with van der Waals surface area (Å²) in [7, 11) is 0. The van der Waals surface area contributed by atoms with Gasteiger partial charge in [0, 0.05) is 13.1 Å². The molecule has 27 heavy (non-hydrogen) atoms. The zero-order chi connectivity index (χ0) is 18.8. The summed E-state index contributed by atoms with van der Waals surface area (Å²) in [5.41, 5.74) is 2.47. The van der Waals surface area contributed by atoms with E-state index in [0.29, 0.717) is 21.8 Å². The van der Waals surface area contributed by atoms with Crippen molar-refractivity contribution in [2.75, 3.05) is 18.8 Å². The Balaban J connectivity index is 1.82. The van der Waals surface area contributed by atoms with E-state index >= 15 is 0 Å². The van der Waals surface area contributed by atoms with Gasteiger partial charge in [-0.2, -0.15) is 0 Å². The Morgan fingerprint density at radius 1 is 1.11 bits per heavy atom. The number of fused-ring (bicyclic) bond motifs is 1. The quantitative estimate of drug-likeness (QED) is 0.504. The molecule has 1 aliphatic rings. The predicted molar refractivity (Wildman–Crippen MR) is 109 cm³/mol. The van der Waals surface area contributed by atoms with Crippen molar-refractivity contribution in [2.24, 2.45) is 0 Å². The average molecular weight is 379 g/mol. The van der Waals surface area contributed by atoms with Crippen LogP contribution in [-0.4, -0.2) is 39.2 Å². The first kappa shape index (κ1) is 17.8. The minimum absolute atomic E-state index is 0.0969. The van der Waals surface area contributed by atoms with Crippen LogP contribution in [0, 0.1) is 0 Å². The summed E-state index contributed by atoms with van der Waals surface area (Å²) in [5.74, 6) is 0.392. The first-order chi connectivity index (χ1) is 13.2. The minimum atomic E-state index is -0.0969. The van der Waals surface area contributed by atoms with E-state index in [2.05, 4.69) is 6.92 Å². The molecule has 0 atom stereocenters. The van der Waals surface area contributed by atoms with E-state index in [0.717, 1.165) is 37.2 Å². The molecule has 1 saturated heterocycles. The smallest absolute Gasteiger partial charge is 0.266 e. The number of carbonyl (C=O) groups is 1. The summed E-state index contributed by atoms with van der Waals surface area (Å²) in [6.07, 6.45) is 1.88. The van der Waals surface area contributed by atoms with Crippen molar-refractivity contribution in [2.45, 2.75) is 24.9 Å². The number of amides is 1. The summed E-state index contributed by atoms with van der Waals surface area (Å²) in [6, 6.07) is 15.2. The Kier molecular flexibility index (Phi) is 4.99. The van der Waals surface area contributed by atoms with E-state index in [1.54, 1.807) is 10.6 Å². The van der Waals surface area contributed by atoms with Crippen LogP contribution in [0.15, 0.2) is 58.5 Å². The van der Waals surface area contributed by atoms with Crippen molar-refractivity contribution in [3.8, 4) is 5.69 Å². The molecule has 0 bridgehead atoms. The molecule has 0 spiro atoms. The molecule has 3 aromatic rings. The number of benzene rings is 2. The summed E-state index contributed by atoms with van der Waals surface area (Å²) in [6.45, 7) is 3.73. The molecule has 1 aromatic heterocycles. The second kappa shape index (κ2) is 7.56. The van der Waals surface area contributed by atoms with Crippen LogP contribution in [0.25, 0.3) is 16.6 Å². The lowest BCUT2D eigenvalue weighted by Gasteiger charge is -2.30. The van der Waals surface area contributed by atoms with Crippen LogP contribution in [0.5, 0.6) is 0 Å². The fourth-order valence-electron chi connectivity index (χ4n) is 3.23. The highest BCUT2D eigenvalue weighted by atomic mass is 32.2. The molecule has 138 valence electrons. The molecule has 0 unspecified atom stereocenters. The number of para-hydroxylation sites is 2. The van der Waals surface area contributed by atoms with Gasteiger partial charge in [-0.15, -0.1) is 0 Å². The van der Waals surface area contributed by atoms with E-state index < -0.39 is 0 Å². The van der Waals surface area contributed by atoms with E-state index in [9.17, 15) is 9.59 Å². The Bertz CT molecular complexity index is 1060. The largest absolute Gasteiger partial charge is 0.342 e. The number of hydrogen-bond acceptors (Lipinski definition) is 4. The molecule has 1 aliphatic heterocycles. The topological polar surface area (TPSA) is 55.2 Å². The Labute approximate surface area is 162 Å². The molecule has 2 aromatic carbocycles. The van der Waals surface area contributed by atoms with Gasteiger partial charge in [-0.05, 0) is 36.6 Å². The molecular weight excluding hydrogens is 358 g/mol. The maximum atomic E-state index is 13.3. The monoisotopic (exact) mass is 379 g/mol. The number of likely N-dealkylation sites (tertiary alicyclic amines) is 1. The lowest BCUT2D eigenvalue weighted by atomic mass is 10.1. The van der Waals surface area contributed by atoms with Gasteiger partial charge >= 0.3 is 0 Å². The van der Waals surface area contributed by atoms with Crippen molar-refractivity contribution >= 4 is 28.6 Å². The molecule has 0 saturated carbocycles. The van der Waals surface area contributed by atoms with Crippen LogP contribution in [0.2, 0.25) is 0 Å². The van der Waals surface area contributed by atoms with Gasteiger partial charge in [0.1, 0.15) is 0 Å². The molecule has 0 radical (unpaired) electrons. The van der Waals surface area contributed by atoms with Crippen LogP contribution >= 0.6 is 11.8 Å². The van der Waals surface area contributed by atoms with Gasteiger partial charge in [0.25, 0.3) is 5.56 Å². The molecule has 4 rings (SSSR count). The van der Waals surface area contributed by atoms with Crippen LogP contribution in [0.1, 0.15) is 18.9 Å². The summed E-state index contributed by atoms with van der Waals surface area (Å²) < 4.78 is 1.66. The Hall–Kier alpha value is -2.60. The second-order valence-electron chi connectivity index (χ2n) is 6.56. The van der Waals surface area contributed by atoms with E-state index in [4.69, 9.17) is 4.98 Å². The number of thioether (sulfide) groups is 1. The highest BCUT2D eigenvalue weighted by Gasteiger charge is 2.22. The standard InChI is InChI=1S/C21H21N3O2S/c1-2-15-8-3-6-11-18(15)24-20(26)16-9-4-5-10-17(16)22-21(24)27-14-19(25)23-12-7-13-23/h3-6,8-11H,2,7,12-14H2,1H3. The molecule has 0 aliphatic carbocycles. The minimum Gasteiger partial charge on any atom is -0.342 e. The zero-order valence-electron chi connectivity index (χ0n) is 15.2. The van der Waals surface area contributed by atoms with Gasteiger partial charge in [-0.25, -0.2) is 4.98 Å².